The third-order valence-corrected chi connectivity index (χ3v) is 3.48. The van der Waals surface area contributed by atoms with E-state index in [0.717, 1.165) is 28.2 Å². The molecular formula is C13H14Br2N2O. The summed E-state index contributed by atoms with van der Waals surface area (Å²) in [6.07, 6.45) is 0.160. The van der Waals surface area contributed by atoms with Crippen molar-refractivity contribution in [2.75, 3.05) is 0 Å². The molecule has 0 saturated heterocycles. The van der Waals surface area contributed by atoms with Crippen molar-refractivity contribution in [1.29, 1.82) is 0 Å². The van der Waals surface area contributed by atoms with E-state index >= 15 is 0 Å². The molecule has 1 heterocycles. The molecule has 0 unspecified atom stereocenters. The summed E-state index contributed by atoms with van der Waals surface area (Å²) in [4.78, 5) is 9.20. The highest BCUT2D eigenvalue weighted by Crippen LogP contribution is 2.22. The molecule has 0 radical (unpaired) electrons. The second-order valence-corrected chi connectivity index (χ2v) is 5.32. The predicted octanol–water partition coefficient (Wildman–Crippen LogP) is 4.21. The molecule has 0 atom stereocenters. The molecule has 0 spiro atoms. The maximum absolute atomic E-state index is 5.66. The maximum atomic E-state index is 5.66. The van der Waals surface area contributed by atoms with Crippen LogP contribution in [0, 0.1) is 0 Å². The van der Waals surface area contributed by atoms with Gasteiger partial charge in [0.25, 0.3) is 0 Å². The molecule has 5 heteroatoms. The van der Waals surface area contributed by atoms with Crippen LogP contribution in [0.2, 0.25) is 0 Å². The van der Waals surface area contributed by atoms with E-state index in [1.807, 2.05) is 32.0 Å². The summed E-state index contributed by atoms with van der Waals surface area (Å²) < 4.78 is 5.66. The van der Waals surface area contributed by atoms with Crippen LogP contribution in [0.25, 0.3) is 11.0 Å². The van der Waals surface area contributed by atoms with Crippen molar-refractivity contribution in [3.05, 3.63) is 29.6 Å². The van der Waals surface area contributed by atoms with Crippen molar-refractivity contribution in [2.45, 2.75) is 30.6 Å². The Hall–Kier alpha value is -0.680. The summed E-state index contributed by atoms with van der Waals surface area (Å²) in [7, 11) is 0. The highest BCUT2D eigenvalue weighted by atomic mass is 79.9. The molecule has 0 aliphatic carbocycles. The first-order valence-electron chi connectivity index (χ1n) is 5.72. The van der Waals surface area contributed by atoms with Gasteiger partial charge < -0.3 is 4.74 Å². The molecule has 0 bridgehead atoms. The summed E-state index contributed by atoms with van der Waals surface area (Å²) in [6.45, 7) is 4.02. The standard InChI is InChI=1S/C13H14Br2N2O/c1-8(2)18-9-3-4-10-11(5-9)17-13(7-15)12(6-14)16-10/h3-5,8H,6-7H2,1-2H3. The normalized spacial score (nSPS) is 11.2. The summed E-state index contributed by atoms with van der Waals surface area (Å²) in [5.41, 5.74) is 3.69. The highest BCUT2D eigenvalue weighted by Gasteiger charge is 2.08. The minimum atomic E-state index is 0.160. The number of ether oxygens (including phenoxy) is 1. The van der Waals surface area contributed by atoms with Gasteiger partial charge in [0.2, 0.25) is 0 Å². The van der Waals surface area contributed by atoms with E-state index in [0.29, 0.717) is 10.7 Å². The van der Waals surface area contributed by atoms with Crippen molar-refractivity contribution in [3.63, 3.8) is 0 Å². The number of alkyl halides is 2. The van der Waals surface area contributed by atoms with E-state index in [4.69, 9.17) is 4.74 Å². The Morgan fingerprint density at radius 1 is 1.06 bits per heavy atom. The van der Waals surface area contributed by atoms with Crippen LogP contribution < -0.4 is 4.74 Å². The second-order valence-electron chi connectivity index (χ2n) is 4.20. The predicted molar refractivity (Wildman–Crippen MR) is 80.6 cm³/mol. The lowest BCUT2D eigenvalue weighted by atomic mass is 10.2. The van der Waals surface area contributed by atoms with E-state index in [1.165, 1.54) is 0 Å². The number of nitrogens with zero attached hydrogens (tertiary/aromatic N) is 2. The summed E-state index contributed by atoms with van der Waals surface area (Å²) in [5, 5.41) is 1.41. The van der Waals surface area contributed by atoms with Crippen molar-refractivity contribution in [2.24, 2.45) is 0 Å². The average Bonchev–Trinajstić information content (AvgIpc) is 2.36. The summed E-state index contributed by atoms with van der Waals surface area (Å²) in [6, 6.07) is 5.82. The SMILES string of the molecule is CC(C)Oc1ccc2nc(CBr)c(CBr)nc2c1. The van der Waals surface area contributed by atoms with Gasteiger partial charge in [0.15, 0.2) is 0 Å². The van der Waals surface area contributed by atoms with Crippen LogP contribution in [-0.4, -0.2) is 16.1 Å². The van der Waals surface area contributed by atoms with Gasteiger partial charge in [-0.25, -0.2) is 9.97 Å². The number of fused-ring (bicyclic) bond motifs is 1. The first-order valence-corrected chi connectivity index (χ1v) is 7.96. The van der Waals surface area contributed by atoms with Crippen molar-refractivity contribution >= 4 is 42.9 Å². The van der Waals surface area contributed by atoms with E-state index in [-0.39, 0.29) is 6.10 Å². The van der Waals surface area contributed by atoms with E-state index in [2.05, 4.69) is 41.8 Å². The third kappa shape index (κ3) is 3.01. The number of aromatic nitrogens is 2. The Kier molecular flexibility index (Phi) is 4.56. The van der Waals surface area contributed by atoms with Gasteiger partial charge in [-0.05, 0) is 26.0 Å². The molecule has 0 saturated carbocycles. The molecule has 1 aromatic heterocycles. The van der Waals surface area contributed by atoms with Gasteiger partial charge in [-0.1, -0.05) is 31.9 Å². The fraction of sp³-hybridized carbons (Fsp3) is 0.385. The van der Waals surface area contributed by atoms with Crippen LogP contribution in [0.5, 0.6) is 5.75 Å². The zero-order valence-corrected chi connectivity index (χ0v) is 13.5. The Labute approximate surface area is 123 Å². The molecule has 0 aliphatic heterocycles. The smallest absolute Gasteiger partial charge is 0.121 e. The molecule has 0 N–H and O–H groups in total. The van der Waals surface area contributed by atoms with Crippen LogP contribution in [0.15, 0.2) is 18.2 Å². The fourth-order valence-electron chi connectivity index (χ4n) is 1.67. The average molecular weight is 374 g/mol. The molecule has 18 heavy (non-hydrogen) atoms. The highest BCUT2D eigenvalue weighted by molar-refractivity contribution is 9.09. The van der Waals surface area contributed by atoms with Crippen molar-refractivity contribution in [1.82, 2.24) is 9.97 Å². The fourth-order valence-corrected chi connectivity index (χ4v) is 2.56. The van der Waals surface area contributed by atoms with E-state index < -0.39 is 0 Å². The Bertz CT molecular complexity index is 558. The van der Waals surface area contributed by atoms with Crippen LogP contribution in [0.1, 0.15) is 25.2 Å². The summed E-state index contributed by atoms with van der Waals surface area (Å²) >= 11 is 6.87. The van der Waals surface area contributed by atoms with Crippen LogP contribution in [-0.2, 0) is 10.7 Å². The van der Waals surface area contributed by atoms with E-state index in [9.17, 15) is 0 Å². The first kappa shape index (κ1) is 13.7. The van der Waals surface area contributed by atoms with Gasteiger partial charge in [-0.3, -0.25) is 0 Å². The van der Waals surface area contributed by atoms with Gasteiger partial charge in [0.1, 0.15) is 5.75 Å². The van der Waals surface area contributed by atoms with Crippen LogP contribution in [0.3, 0.4) is 0 Å². The molecule has 3 nitrogen and oxygen atoms in total. The number of halogens is 2. The van der Waals surface area contributed by atoms with Gasteiger partial charge in [0.05, 0.1) is 28.5 Å². The zero-order chi connectivity index (χ0) is 13.1. The van der Waals surface area contributed by atoms with Gasteiger partial charge >= 0.3 is 0 Å². The van der Waals surface area contributed by atoms with Gasteiger partial charge in [-0.2, -0.15) is 0 Å². The van der Waals surface area contributed by atoms with Crippen LogP contribution >= 0.6 is 31.9 Å². The summed E-state index contributed by atoms with van der Waals surface area (Å²) in [5.74, 6) is 0.832. The monoisotopic (exact) mass is 372 g/mol. The number of rotatable bonds is 4. The number of hydrogen-bond donors (Lipinski definition) is 0. The maximum Gasteiger partial charge on any atom is 0.121 e. The molecular weight excluding hydrogens is 360 g/mol. The first-order chi connectivity index (χ1) is 8.63. The lowest BCUT2D eigenvalue weighted by Gasteiger charge is -2.11. The topological polar surface area (TPSA) is 35.0 Å². The Morgan fingerprint density at radius 3 is 2.22 bits per heavy atom. The molecule has 96 valence electrons. The van der Waals surface area contributed by atoms with Gasteiger partial charge in [-0.15, -0.1) is 0 Å². The molecule has 2 rings (SSSR count). The molecule has 1 aromatic carbocycles. The van der Waals surface area contributed by atoms with Gasteiger partial charge in [0, 0.05) is 16.7 Å². The minimum Gasteiger partial charge on any atom is -0.491 e. The number of benzene rings is 1. The second kappa shape index (κ2) is 5.97. The zero-order valence-electron chi connectivity index (χ0n) is 10.3. The minimum absolute atomic E-state index is 0.160. The van der Waals surface area contributed by atoms with E-state index in [1.54, 1.807) is 0 Å². The Balaban J connectivity index is 2.49. The number of hydrogen-bond acceptors (Lipinski definition) is 3. The molecule has 0 amide bonds. The quantitative estimate of drug-likeness (QED) is 0.753. The largest absolute Gasteiger partial charge is 0.491 e. The van der Waals surface area contributed by atoms with Crippen molar-refractivity contribution < 1.29 is 4.74 Å². The Morgan fingerprint density at radius 2 is 1.67 bits per heavy atom. The lowest BCUT2D eigenvalue weighted by Crippen LogP contribution is -2.06. The van der Waals surface area contributed by atoms with Crippen LogP contribution in [0.4, 0.5) is 0 Å². The lowest BCUT2D eigenvalue weighted by molar-refractivity contribution is 0.242. The molecule has 0 aliphatic rings. The van der Waals surface area contributed by atoms with Crippen molar-refractivity contribution in [3.8, 4) is 5.75 Å². The molecule has 0 fully saturated rings. The third-order valence-electron chi connectivity index (χ3n) is 2.42. The molecule has 2 aromatic rings.